The summed E-state index contributed by atoms with van der Waals surface area (Å²) < 4.78 is 44.3. The molecule has 31 heavy (non-hydrogen) atoms. The molecule has 2 heterocycles. The van der Waals surface area contributed by atoms with Gasteiger partial charge in [-0.1, -0.05) is 18.2 Å². The minimum atomic E-state index is -4.32. The molecule has 164 valence electrons. The standard InChI is InChI=1S/C24H25F3N2OS/c1-23(2,3)30-20-9-6-18-13-29(11-10-17(18)12-20)14-22-28-21(15-31-22)16-4-7-19(8-5-16)24(25,26)27/h4-9,12,15H,10-11,13-14H2,1-3H3. The van der Waals surface area contributed by atoms with Gasteiger partial charge in [-0.3, -0.25) is 4.90 Å². The van der Waals surface area contributed by atoms with Crippen molar-refractivity contribution in [3.05, 3.63) is 69.5 Å². The van der Waals surface area contributed by atoms with Crippen molar-refractivity contribution in [1.82, 2.24) is 9.88 Å². The van der Waals surface area contributed by atoms with Crippen LogP contribution in [-0.2, 0) is 25.7 Å². The van der Waals surface area contributed by atoms with Crippen LogP contribution in [0.2, 0.25) is 0 Å². The first-order valence-corrected chi connectivity index (χ1v) is 11.1. The first kappa shape index (κ1) is 21.8. The van der Waals surface area contributed by atoms with Crippen LogP contribution in [0.4, 0.5) is 13.2 Å². The lowest BCUT2D eigenvalue weighted by Crippen LogP contribution is -2.30. The minimum absolute atomic E-state index is 0.218. The van der Waals surface area contributed by atoms with E-state index in [4.69, 9.17) is 4.74 Å². The highest BCUT2D eigenvalue weighted by atomic mass is 32.1. The van der Waals surface area contributed by atoms with Crippen molar-refractivity contribution in [2.75, 3.05) is 6.54 Å². The highest BCUT2D eigenvalue weighted by molar-refractivity contribution is 7.09. The predicted molar refractivity (Wildman–Crippen MR) is 117 cm³/mol. The zero-order valence-corrected chi connectivity index (χ0v) is 18.6. The smallest absolute Gasteiger partial charge is 0.416 e. The second-order valence-corrected chi connectivity index (χ2v) is 9.75. The molecule has 0 spiro atoms. The van der Waals surface area contributed by atoms with Gasteiger partial charge in [0, 0.05) is 24.0 Å². The fraction of sp³-hybridized carbons (Fsp3) is 0.375. The first-order valence-electron chi connectivity index (χ1n) is 10.2. The van der Waals surface area contributed by atoms with Gasteiger partial charge in [0.05, 0.1) is 17.8 Å². The summed E-state index contributed by atoms with van der Waals surface area (Å²) in [4.78, 5) is 7.00. The molecular formula is C24H25F3N2OS. The number of fused-ring (bicyclic) bond motifs is 1. The highest BCUT2D eigenvalue weighted by Gasteiger charge is 2.30. The Morgan fingerprint density at radius 3 is 2.45 bits per heavy atom. The van der Waals surface area contributed by atoms with Crippen LogP contribution in [-0.4, -0.2) is 22.0 Å². The van der Waals surface area contributed by atoms with Crippen LogP contribution in [0.1, 0.15) is 42.5 Å². The van der Waals surface area contributed by atoms with Gasteiger partial charge in [0.1, 0.15) is 16.4 Å². The molecule has 3 nitrogen and oxygen atoms in total. The third kappa shape index (κ3) is 5.46. The number of benzene rings is 2. The van der Waals surface area contributed by atoms with Crippen LogP contribution in [0.3, 0.4) is 0 Å². The van der Waals surface area contributed by atoms with Crippen LogP contribution < -0.4 is 4.74 Å². The van der Waals surface area contributed by atoms with Crippen molar-refractivity contribution in [2.45, 2.75) is 52.1 Å². The number of nitrogens with zero attached hydrogens (tertiary/aromatic N) is 2. The molecule has 0 bridgehead atoms. The van der Waals surface area contributed by atoms with Crippen LogP contribution in [0.25, 0.3) is 11.3 Å². The van der Waals surface area contributed by atoms with E-state index in [1.165, 1.54) is 23.3 Å². The van der Waals surface area contributed by atoms with E-state index in [0.717, 1.165) is 54.6 Å². The number of halogens is 3. The molecule has 2 aromatic carbocycles. The molecule has 0 fully saturated rings. The number of hydrogen-bond donors (Lipinski definition) is 0. The Morgan fingerprint density at radius 2 is 1.77 bits per heavy atom. The Bertz CT molecular complexity index is 1050. The van der Waals surface area contributed by atoms with Gasteiger partial charge in [0.15, 0.2) is 0 Å². The first-order chi connectivity index (χ1) is 14.6. The number of rotatable bonds is 4. The minimum Gasteiger partial charge on any atom is -0.488 e. The number of thiazole rings is 1. The summed E-state index contributed by atoms with van der Waals surface area (Å²) >= 11 is 1.54. The van der Waals surface area contributed by atoms with E-state index >= 15 is 0 Å². The van der Waals surface area contributed by atoms with Crippen molar-refractivity contribution >= 4 is 11.3 Å². The van der Waals surface area contributed by atoms with Crippen LogP contribution in [0, 0.1) is 0 Å². The fourth-order valence-corrected chi connectivity index (χ4v) is 4.52. The number of ether oxygens (including phenoxy) is 1. The van der Waals surface area contributed by atoms with E-state index in [0.29, 0.717) is 5.56 Å². The maximum Gasteiger partial charge on any atom is 0.416 e. The largest absolute Gasteiger partial charge is 0.488 e. The molecule has 0 saturated heterocycles. The van der Waals surface area contributed by atoms with Gasteiger partial charge in [-0.25, -0.2) is 4.98 Å². The topological polar surface area (TPSA) is 25.4 Å². The zero-order chi connectivity index (χ0) is 22.2. The molecule has 1 aliphatic heterocycles. The lowest BCUT2D eigenvalue weighted by atomic mass is 9.99. The molecule has 0 atom stereocenters. The Kier molecular flexibility index (Phi) is 5.83. The lowest BCUT2D eigenvalue weighted by Gasteiger charge is -2.29. The van der Waals surface area contributed by atoms with Crippen molar-refractivity contribution in [3.8, 4) is 17.0 Å². The third-order valence-corrected chi connectivity index (χ3v) is 5.95. The van der Waals surface area contributed by atoms with E-state index < -0.39 is 11.7 Å². The molecule has 3 aromatic rings. The molecule has 0 N–H and O–H groups in total. The van der Waals surface area contributed by atoms with Crippen LogP contribution in [0.5, 0.6) is 5.75 Å². The molecule has 0 unspecified atom stereocenters. The van der Waals surface area contributed by atoms with Gasteiger partial charge < -0.3 is 4.74 Å². The second kappa shape index (κ2) is 8.28. The Balaban J connectivity index is 1.41. The SMILES string of the molecule is CC(C)(C)Oc1ccc2c(c1)CCN(Cc1nc(-c3ccc(C(F)(F)F)cc3)cs1)C2. The molecule has 1 aromatic heterocycles. The van der Waals surface area contributed by atoms with E-state index in [1.807, 2.05) is 32.2 Å². The normalized spacial score (nSPS) is 15.0. The molecule has 4 rings (SSSR count). The summed E-state index contributed by atoms with van der Waals surface area (Å²) in [6.07, 6.45) is -3.37. The Hall–Kier alpha value is -2.38. The van der Waals surface area contributed by atoms with E-state index in [9.17, 15) is 13.2 Å². The zero-order valence-electron chi connectivity index (χ0n) is 17.8. The van der Waals surface area contributed by atoms with E-state index in [2.05, 4.69) is 22.0 Å². The molecule has 0 aliphatic carbocycles. The fourth-order valence-electron chi connectivity index (χ4n) is 3.68. The van der Waals surface area contributed by atoms with Gasteiger partial charge >= 0.3 is 6.18 Å². The third-order valence-electron chi connectivity index (χ3n) is 5.11. The number of aromatic nitrogens is 1. The summed E-state index contributed by atoms with van der Waals surface area (Å²) in [6, 6.07) is 11.5. The highest BCUT2D eigenvalue weighted by Crippen LogP contribution is 2.32. The van der Waals surface area contributed by atoms with Gasteiger partial charge in [0.2, 0.25) is 0 Å². The van der Waals surface area contributed by atoms with Crippen molar-refractivity contribution in [2.24, 2.45) is 0 Å². The van der Waals surface area contributed by atoms with Crippen LogP contribution in [0.15, 0.2) is 47.8 Å². The van der Waals surface area contributed by atoms with E-state index in [1.54, 1.807) is 11.3 Å². The monoisotopic (exact) mass is 446 g/mol. The number of alkyl halides is 3. The molecule has 0 amide bonds. The van der Waals surface area contributed by atoms with Gasteiger partial charge in [-0.2, -0.15) is 13.2 Å². The summed E-state index contributed by atoms with van der Waals surface area (Å²) in [5, 5.41) is 2.87. The predicted octanol–water partition coefficient (Wildman–Crippen LogP) is 6.56. The molecule has 0 saturated carbocycles. The summed E-state index contributed by atoms with van der Waals surface area (Å²) in [5.41, 5.74) is 3.18. The van der Waals surface area contributed by atoms with Crippen LogP contribution >= 0.6 is 11.3 Å². The molecule has 7 heteroatoms. The second-order valence-electron chi connectivity index (χ2n) is 8.81. The van der Waals surface area contributed by atoms with Crippen molar-refractivity contribution in [3.63, 3.8) is 0 Å². The number of hydrogen-bond acceptors (Lipinski definition) is 4. The maximum atomic E-state index is 12.8. The average Bonchev–Trinajstić information content (AvgIpc) is 3.15. The average molecular weight is 447 g/mol. The summed E-state index contributed by atoms with van der Waals surface area (Å²) in [7, 11) is 0. The van der Waals surface area contributed by atoms with Gasteiger partial charge in [0.25, 0.3) is 0 Å². The van der Waals surface area contributed by atoms with Gasteiger partial charge in [-0.05, 0) is 62.6 Å². The van der Waals surface area contributed by atoms with Crippen molar-refractivity contribution in [1.29, 1.82) is 0 Å². The molecular weight excluding hydrogens is 421 g/mol. The summed E-state index contributed by atoms with van der Waals surface area (Å²) in [5.74, 6) is 0.904. The molecule has 0 radical (unpaired) electrons. The van der Waals surface area contributed by atoms with E-state index in [-0.39, 0.29) is 5.60 Å². The molecule has 1 aliphatic rings. The summed E-state index contributed by atoms with van der Waals surface area (Å²) in [6.45, 7) is 8.63. The Morgan fingerprint density at radius 1 is 1.03 bits per heavy atom. The maximum absolute atomic E-state index is 12.8. The van der Waals surface area contributed by atoms with Crippen molar-refractivity contribution < 1.29 is 17.9 Å². The van der Waals surface area contributed by atoms with Gasteiger partial charge in [-0.15, -0.1) is 11.3 Å². The Labute approximate surface area is 184 Å². The lowest BCUT2D eigenvalue weighted by molar-refractivity contribution is -0.137. The quantitative estimate of drug-likeness (QED) is 0.454.